The maximum Gasteiger partial charge on any atom is 0.155 e. The first-order valence-electron chi connectivity index (χ1n) is 7.42. The number of ether oxygens (including phenoxy) is 2. The molecule has 0 bridgehead atoms. The van der Waals surface area contributed by atoms with Gasteiger partial charge in [-0.1, -0.05) is 18.2 Å². The van der Waals surface area contributed by atoms with Crippen LogP contribution in [-0.2, 0) is 0 Å². The molecule has 2 heterocycles. The van der Waals surface area contributed by atoms with E-state index >= 15 is 0 Å². The maximum absolute atomic E-state index is 5.95. The highest BCUT2D eigenvalue weighted by molar-refractivity contribution is 5.70. The monoisotopic (exact) mass is 315 g/mol. The quantitative estimate of drug-likeness (QED) is 0.381. The normalized spacial score (nSPS) is 12.9. The molecule has 0 saturated heterocycles. The van der Waals surface area contributed by atoms with Gasteiger partial charge in [0.15, 0.2) is 23.0 Å². The van der Waals surface area contributed by atoms with Gasteiger partial charge in [0.2, 0.25) is 0 Å². The lowest BCUT2D eigenvalue weighted by Crippen LogP contribution is -2.19. The average Bonchev–Trinajstić information content (AvgIpc) is 2.62. The van der Waals surface area contributed by atoms with E-state index in [1.165, 1.54) is 0 Å². The molecule has 1 radical (unpaired) electrons. The average molecular weight is 315 g/mol. The van der Waals surface area contributed by atoms with Crippen molar-refractivity contribution < 1.29 is 9.47 Å². The summed E-state index contributed by atoms with van der Waals surface area (Å²) in [6, 6.07) is 16.7. The molecule has 6 heteroatoms. The Balaban J connectivity index is 1.74. The van der Waals surface area contributed by atoms with Crippen molar-refractivity contribution >= 4 is 17.1 Å². The Kier molecular flexibility index (Phi) is 2.62. The van der Waals surface area contributed by atoms with Crippen LogP contribution in [0.4, 0.5) is 17.1 Å². The molecule has 6 nitrogen and oxygen atoms in total. The van der Waals surface area contributed by atoms with Crippen molar-refractivity contribution in [3.05, 3.63) is 65.3 Å². The second-order valence-electron chi connectivity index (χ2n) is 5.44. The van der Waals surface area contributed by atoms with Crippen LogP contribution in [0.2, 0.25) is 0 Å². The summed E-state index contributed by atoms with van der Waals surface area (Å²) >= 11 is 0. The van der Waals surface area contributed by atoms with Crippen LogP contribution in [0.25, 0.3) is 0 Å². The molecule has 115 valence electrons. The van der Waals surface area contributed by atoms with Crippen LogP contribution in [0.5, 0.6) is 23.0 Å². The van der Waals surface area contributed by atoms with Gasteiger partial charge in [-0.05, 0) is 24.3 Å². The molecule has 0 saturated carbocycles. The van der Waals surface area contributed by atoms with Crippen LogP contribution >= 0.6 is 0 Å². The third-order valence-electron chi connectivity index (χ3n) is 3.94. The van der Waals surface area contributed by atoms with Gasteiger partial charge in [-0.2, -0.15) is 0 Å². The van der Waals surface area contributed by atoms with Gasteiger partial charge in [-0.15, -0.1) is 0 Å². The van der Waals surface area contributed by atoms with Crippen molar-refractivity contribution in [2.75, 3.05) is 0 Å². The van der Waals surface area contributed by atoms with E-state index in [9.17, 15) is 0 Å². The van der Waals surface area contributed by atoms with E-state index in [0.29, 0.717) is 39.3 Å². The number of fused-ring (bicyclic) bond motifs is 4. The fourth-order valence-corrected chi connectivity index (χ4v) is 2.81. The van der Waals surface area contributed by atoms with Crippen LogP contribution in [-0.4, -0.2) is 0 Å². The Morgan fingerprint density at radius 2 is 1.46 bits per heavy atom. The highest BCUT2D eigenvalue weighted by atomic mass is 16.5. The van der Waals surface area contributed by atoms with Crippen molar-refractivity contribution in [1.82, 2.24) is 5.43 Å². The van der Waals surface area contributed by atoms with E-state index in [1.807, 2.05) is 48.5 Å². The third kappa shape index (κ3) is 1.87. The molecule has 24 heavy (non-hydrogen) atoms. The van der Waals surface area contributed by atoms with E-state index in [2.05, 4.69) is 15.4 Å². The highest BCUT2D eigenvalue weighted by Gasteiger charge is 2.19. The Morgan fingerprint density at radius 3 is 2.29 bits per heavy atom. The first kappa shape index (κ1) is 13.1. The van der Waals surface area contributed by atoms with Crippen molar-refractivity contribution in [1.29, 1.82) is 0 Å². The Morgan fingerprint density at radius 1 is 0.750 bits per heavy atom. The topological polar surface area (TPSA) is 83.3 Å². The molecular weight excluding hydrogens is 304 g/mol. The zero-order valence-corrected chi connectivity index (χ0v) is 12.4. The fourth-order valence-electron chi connectivity index (χ4n) is 2.81. The van der Waals surface area contributed by atoms with Crippen molar-refractivity contribution in [2.45, 2.75) is 0 Å². The molecule has 3 aromatic rings. The van der Waals surface area contributed by atoms with E-state index in [1.54, 1.807) is 6.07 Å². The van der Waals surface area contributed by atoms with Gasteiger partial charge in [0, 0.05) is 12.1 Å². The predicted molar refractivity (Wildman–Crippen MR) is 87.1 cm³/mol. The summed E-state index contributed by atoms with van der Waals surface area (Å²) in [6.45, 7) is 0. The SMILES string of the molecule is N[N]c1cccc2c1N=c1cc3c(cc1O2)=Nc1ccccc1O3. The number of nitrogens with two attached hydrogens (primary N) is 1. The maximum atomic E-state index is 5.95. The Bertz CT molecular complexity index is 1110. The molecule has 0 aliphatic carbocycles. The minimum atomic E-state index is 0.576. The van der Waals surface area contributed by atoms with E-state index in [4.69, 9.17) is 15.3 Å². The summed E-state index contributed by atoms with van der Waals surface area (Å²) in [6.07, 6.45) is 0. The van der Waals surface area contributed by atoms with Crippen LogP contribution in [0.3, 0.4) is 0 Å². The van der Waals surface area contributed by atoms with Crippen LogP contribution < -0.4 is 31.5 Å². The molecule has 0 amide bonds. The number of para-hydroxylation sites is 3. The zero-order valence-electron chi connectivity index (χ0n) is 12.4. The first-order valence-corrected chi connectivity index (χ1v) is 7.42. The van der Waals surface area contributed by atoms with Gasteiger partial charge in [0.1, 0.15) is 27.8 Å². The summed E-state index contributed by atoms with van der Waals surface area (Å²) in [4.78, 5) is 9.24. The third-order valence-corrected chi connectivity index (χ3v) is 3.94. The van der Waals surface area contributed by atoms with E-state index in [0.717, 1.165) is 11.4 Å². The predicted octanol–water partition coefficient (Wildman–Crippen LogP) is 2.91. The van der Waals surface area contributed by atoms with Gasteiger partial charge in [-0.25, -0.2) is 21.3 Å². The molecule has 2 aliphatic heterocycles. The summed E-state index contributed by atoms with van der Waals surface area (Å²) in [5, 5.41) is 1.37. The van der Waals surface area contributed by atoms with Crippen LogP contribution in [0, 0.1) is 0 Å². The van der Waals surface area contributed by atoms with E-state index in [-0.39, 0.29) is 0 Å². The molecule has 3 aromatic carbocycles. The fraction of sp³-hybridized carbons (Fsp3) is 0. The van der Waals surface area contributed by atoms with Crippen molar-refractivity contribution in [3.63, 3.8) is 0 Å². The second-order valence-corrected chi connectivity index (χ2v) is 5.44. The number of rotatable bonds is 1. The van der Waals surface area contributed by atoms with Crippen molar-refractivity contribution in [2.24, 2.45) is 15.8 Å². The van der Waals surface area contributed by atoms with Crippen LogP contribution in [0.1, 0.15) is 0 Å². The smallest absolute Gasteiger partial charge is 0.155 e. The molecule has 0 fully saturated rings. The first-order chi connectivity index (χ1) is 11.8. The van der Waals surface area contributed by atoms with E-state index < -0.39 is 0 Å². The largest absolute Gasteiger partial charge is 0.453 e. The van der Waals surface area contributed by atoms with Gasteiger partial charge in [0.05, 0.1) is 0 Å². The zero-order chi connectivity index (χ0) is 16.1. The molecule has 2 N–H and O–H groups in total. The summed E-state index contributed by atoms with van der Waals surface area (Å²) in [5.41, 5.74) is 5.73. The number of hydrogen-bond acceptors (Lipinski definition) is 5. The lowest BCUT2D eigenvalue weighted by atomic mass is 10.2. The standard InChI is InChI=1S/C18H11N4O2/c19-22-11-5-3-7-15-18(11)21-13-9-16-12(8-17(13)24-15)20-10-4-1-2-6-14(10)23-16/h1-9H,19H2. The summed E-state index contributed by atoms with van der Waals surface area (Å²) in [7, 11) is 0. The van der Waals surface area contributed by atoms with Gasteiger partial charge in [-0.3, -0.25) is 0 Å². The lowest BCUT2D eigenvalue weighted by Gasteiger charge is -2.18. The molecule has 5 rings (SSSR count). The molecular formula is C18H11N4O2. The van der Waals surface area contributed by atoms with Crippen molar-refractivity contribution in [3.8, 4) is 23.0 Å². The lowest BCUT2D eigenvalue weighted by molar-refractivity contribution is 0.450. The molecule has 0 aromatic heterocycles. The number of benzene rings is 3. The molecule has 2 aliphatic rings. The highest BCUT2D eigenvalue weighted by Crippen LogP contribution is 2.40. The molecule has 0 atom stereocenters. The second kappa shape index (κ2) is 4.81. The number of hydrogen-bond donors (Lipinski definition) is 1. The van der Waals surface area contributed by atoms with Gasteiger partial charge in [0.25, 0.3) is 0 Å². The Hall–Kier alpha value is -3.38. The summed E-state index contributed by atoms with van der Waals surface area (Å²) in [5.74, 6) is 8.04. The minimum Gasteiger partial charge on any atom is -0.453 e. The minimum absolute atomic E-state index is 0.576. The summed E-state index contributed by atoms with van der Waals surface area (Å²) < 4.78 is 11.9. The van der Waals surface area contributed by atoms with Gasteiger partial charge >= 0.3 is 0 Å². The molecule has 0 unspecified atom stereocenters. The van der Waals surface area contributed by atoms with Gasteiger partial charge < -0.3 is 9.47 Å². The Labute approximate surface area is 136 Å². The van der Waals surface area contributed by atoms with Crippen LogP contribution in [0.15, 0.2) is 64.6 Å². The number of nitrogens with zero attached hydrogens (tertiary/aromatic N) is 3. The molecule has 0 spiro atoms.